The maximum atomic E-state index is 4.31. The van der Waals surface area contributed by atoms with E-state index in [2.05, 4.69) is 58.7 Å². The number of benzene rings is 2. The summed E-state index contributed by atoms with van der Waals surface area (Å²) < 4.78 is 2.06. The van der Waals surface area contributed by atoms with E-state index in [1.165, 1.54) is 22.3 Å². The Labute approximate surface area is 136 Å². The van der Waals surface area contributed by atoms with Crippen LogP contribution in [0.5, 0.6) is 0 Å². The van der Waals surface area contributed by atoms with E-state index in [0.717, 1.165) is 8.68 Å². The molecule has 0 radical (unpaired) electrons. The number of hydrogen-bond acceptors (Lipinski definition) is 5. The fourth-order valence-corrected chi connectivity index (χ4v) is 5.50. The van der Waals surface area contributed by atoms with Gasteiger partial charge < -0.3 is 0 Å². The van der Waals surface area contributed by atoms with Crippen LogP contribution in [0.4, 0.5) is 0 Å². The monoisotopic (exact) mass is 328 g/mol. The zero-order chi connectivity index (χ0) is 14.2. The maximum Gasteiger partial charge on any atom is 0.176 e. The highest BCUT2D eigenvalue weighted by atomic mass is 32.2. The molecule has 2 aromatic carbocycles. The van der Waals surface area contributed by atoms with Crippen molar-refractivity contribution in [2.24, 2.45) is 0 Å². The second kappa shape index (κ2) is 5.48. The van der Waals surface area contributed by atoms with Crippen molar-refractivity contribution < 1.29 is 0 Å². The van der Waals surface area contributed by atoms with Gasteiger partial charge in [-0.3, -0.25) is 0 Å². The Bertz CT molecular complexity index is 752. The zero-order valence-electron chi connectivity index (χ0n) is 11.3. The first kappa shape index (κ1) is 13.4. The lowest BCUT2D eigenvalue weighted by Gasteiger charge is -2.10. The number of rotatable bonds is 3. The fraction of sp³-hybridized carbons (Fsp3) is 0.125. The lowest BCUT2D eigenvalue weighted by atomic mass is 10.1. The van der Waals surface area contributed by atoms with Gasteiger partial charge in [-0.2, -0.15) is 0 Å². The molecule has 4 rings (SSSR count). The Hall–Kier alpha value is -1.30. The molecule has 0 spiro atoms. The van der Waals surface area contributed by atoms with Gasteiger partial charge in [-0.1, -0.05) is 83.4 Å². The van der Waals surface area contributed by atoms with E-state index in [0.29, 0.717) is 5.25 Å². The third-order valence-corrected chi connectivity index (χ3v) is 6.82. The van der Waals surface area contributed by atoms with Crippen molar-refractivity contribution in [2.45, 2.75) is 13.9 Å². The fourth-order valence-electron chi connectivity index (χ4n) is 2.66. The first-order chi connectivity index (χ1) is 10.4. The summed E-state index contributed by atoms with van der Waals surface area (Å²) in [6.07, 6.45) is 2.04. The molecule has 1 aliphatic rings. The van der Waals surface area contributed by atoms with E-state index in [1.807, 2.05) is 6.26 Å². The highest BCUT2D eigenvalue weighted by molar-refractivity contribution is 8.03. The van der Waals surface area contributed by atoms with Crippen LogP contribution in [0.1, 0.15) is 16.4 Å². The molecule has 0 N–H and O–H groups in total. The first-order valence-electron chi connectivity index (χ1n) is 6.59. The maximum absolute atomic E-state index is 4.31. The number of thioether (sulfide) groups is 2. The summed E-state index contributed by atoms with van der Waals surface area (Å²) in [5.74, 6) is 0. The van der Waals surface area contributed by atoms with Crippen LogP contribution in [-0.2, 0) is 0 Å². The first-order valence-corrected chi connectivity index (χ1v) is 9.51. The molecule has 3 aromatic rings. The summed E-state index contributed by atoms with van der Waals surface area (Å²) in [5.41, 5.74) is 5.45. The van der Waals surface area contributed by atoms with Crippen LogP contribution in [0.2, 0.25) is 0 Å². The predicted octanol–water partition coefficient (Wildman–Crippen LogP) is 5.12. The minimum atomic E-state index is 0.319. The minimum absolute atomic E-state index is 0.319. The van der Waals surface area contributed by atoms with E-state index in [9.17, 15) is 0 Å². The van der Waals surface area contributed by atoms with Gasteiger partial charge in [0.1, 0.15) is 0 Å². The molecule has 0 aliphatic heterocycles. The van der Waals surface area contributed by atoms with E-state index >= 15 is 0 Å². The second-order valence-electron chi connectivity index (χ2n) is 4.71. The van der Waals surface area contributed by atoms with E-state index in [-0.39, 0.29) is 0 Å². The number of hydrogen-bond donors (Lipinski definition) is 0. The van der Waals surface area contributed by atoms with E-state index in [4.69, 9.17) is 0 Å². The van der Waals surface area contributed by atoms with Gasteiger partial charge in [0.2, 0.25) is 0 Å². The average Bonchev–Trinajstić information content (AvgIpc) is 3.12. The quantitative estimate of drug-likeness (QED) is 0.623. The molecule has 0 saturated carbocycles. The molecule has 0 atom stereocenters. The summed E-state index contributed by atoms with van der Waals surface area (Å²) in [5, 5.41) is 8.83. The topological polar surface area (TPSA) is 25.8 Å². The number of aromatic nitrogens is 2. The summed E-state index contributed by atoms with van der Waals surface area (Å²) in [4.78, 5) is 0. The highest BCUT2D eigenvalue weighted by Gasteiger charge is 2.29. The van der Waals surface area contributed by atoms with Gasteiger partial charge in [-0.25, -0.2) is 0 Å². The number of fused-ring (bicyclic) bond motifs is 3. The van der Waals surface area contributed by atoms with Crippen LogP contribution >= 0.6 is 34.9 Å². The molecule has 21 heavy (non-hydrogen) atoms. The Balaban J connectivity index is 1.77. The number of nitrogens with zero attached hydrogens (tertiary/aromatic N) is 2. The van der Waals surface area contributed by atoms with E-state index in [1.54, 1.807) is 34.9 Å². The van der Waals surface area contributed by atoms with Crippen LogP contribution in [0.15, 0.2) is 57.2 Å². The highest BCUT2D eigenvalue weighted by Crippen LogP contribution is 2.52. The molecule has 2 nitrogen and oxygen atoms in total. The lowest BCUT2D eigenvalue weighted by Crippen LogP contribution is -1.90. The lowest BCUT2D eigenvalue weighted by molar-refractivity contribution is 0.953. The van der Waals surface area contributed by atoms with Crippen molar-refractivity contribution in [1.82, 2.24) is 10.2 Å². The molecule has 0 amide bonds. The van der Waals surface area contributed by atoms with Gasteiger partial charge in [0.25, 0.3) is 0 Å². The Morgan fingerprint density at radius 2 is 1.43 bits per heavy atom. The van der Waals surface area contributed by atoms with Crippen molar-refractivity contribution in [3.8, 4) is 11.1 Å². The predicted molar refractivity (Wildman–Crippen MR) is 91.3 cm³/mol. The summed E-state index contributed by atoms with van der Waals surface area (Å²) in [7, 11) is 0. The van der Waals surface area contributed by atoms with Gasteiger partial charge in [-0.15, -0.1) is 10.2 Å². The molecule has 5 heteroatoms. The van der Waals surface area contributed by atoms with Gasteiger partial charge in [-0.05, 0) is 28.5 Å². The molecule has 104 valence electrons. The second-order valence-corrected chi connectivity index (χ2v) is 8.09. The smallest absolute Gasteiger partial charge is 0.131 e. The van der Waals surface area contributed by atoms with Crippen LogP contribution in [-0.4, -0.2) is 16.5 Å². The molecule has 0 saturated heterocycles. The molecule has 0 bridgehead atoms. The van der Waals surface area contributed by atoms with Crippen molar-refractivity contribution >= 4 is 34.9 Å². The van der Waals surface area contributed by atoms with Gasteiger partial charge in [0.05, 0.1) is 5.25 Å². The standard InChI is InChI=1S/C16H12N2S3/c1-19-15-17-18-16(21-15)20-14-12-8-4-2-6-10(12)11-7-3-5-9-13(11)14/h2-9,14H,1H3. The Morgan fingerprint density at radius 3 is 2.00 bits per heavy atom. The molecule has 1 aromatic heterocycles. The Morgan fingerprint density at radius 1 is 0.857 bits per heavy atom. The van der Waals surface area contributed by atoms with Crippen LogP contribution < -0.4 is 0 Å². The van der Waals surface area contributed by atoms with Crippen LogP contribution in [0.3, 0.4) is 0 Å². The van der Waals surface area contributed by atoms with Crippen molar-refractivity contribution in [3.05, 3.63) is 59.7 Å². The molecule has 1 aliphatic carbocycles. The van der Waals surface area contributed by atoms with Crippen molar-refractivity contribution in [1.29, 1.82) is 0 Å². The minimum Gasteiger partial charge on any atom is -0.131 e. The molecule has 0 fully saturated rings. The summed E-state index contributed by atoms with van der Waals surface area (Å²) in [6.45, 7) is 0. The van der Waals surface area contributed by atoms with Gasteiger partial charge in [0.15, 0.2) is 8.68 Å². The Kier molecular flexibility index (Phi) is 3.49. The van der Waals surface area contributed by atoms with Gasteiger partial charge >= 0.3 is 0 Å². The molecule has 1 heterocycles. The average molecular weight is 328 g/mol. The summed E-state index contributed by atoms with van der Waals surface area (Å²) >= 11 is 5.13. The molecular formula is C16H12N2S3. The largest absolute Gasteiger partial charge is 0.176 e. The normalized spacial score (nSPS) is 13.2. The van der Waals surface area contributed by atoms with Crippen molar-refractivity contribution in [3.63, 3.8) is 0 Å². The van der Waals surface area contributed by atoms with Crippen LogP contribution in [0.25, 0.3) is 11.1 Å². The van der Waals surface area contributed by atoms with Crippen molar-refractivity contribution in [2.75, 3.05) is 6.26 Å². The third-order valence-electron chi connectivity index (χ3n) is 3.56. The zero-order valence-corrected chi connectivity index (χ0v) is 13.8. The molecule has 0 unspecified atom stereocenters. The van der Waals surface area contributed by atoms with Gasteiger partial charge in [0, 0.05) is 0 Å². The third kappa shape index (κ3) is 2.29. The molecular weight excluding hydrogens is 316 g/mol. The SMILES string of the molecule is CSc1nnc(SC2c3ccccc3-c3ccccc32)s1. The van der Waals surface area contributed by atoms with E-state index < -0.39 is 0 Å². The summed E-state index contributed by atoms with van der Waals surface area (Å²) in [6, 6.07) is 17.3. The van der Waals surface area contributed by atoms with Crippen LogP contribution in [0, 0.1) is 0 Å².